The number of alkyl halides is 3. The zero-order valence-electron chi connectivity index (χ0n) is 13.8. The molecule has 0 aliphatic heterocycles. The molecule has 1 aliphatic rings. The number of nitrogens with one attached hydrogen (secondary N) is 1. The lowest BCUT2D eigenvalue weighted by Crippen LogP contribution is -2.42. The predicted octanol–water partition coefficient (Wildman–Crippen LogP) is 3.56. The van der Waals surface area contributed by atoms with Crippen LogP contribution in [-0.4, -0.2) is 48.9 Å². The molecule has 22 heavy (non-hydrogen) atoms. The van der Waals surface area contributed by atoms with Gasteiger partial charge in [0.25, 0.3) is 0 Å². The second kappa shape index (κ2) is 7.53. The second-order valence-corrected chi connectivity index (χ2v) is 6.96. The quantitative estimate of drug-likeness (QED) is 0.859. The molecule has 0 saturated heterocycles. The monoisotopic (exact) mass is 324 g/mol. The maximum atomic E-state index is 12.6. The minimum absolute atomic E-state index is 0.152. The smallest absolute Gasteiger partial charge is 0.407 e. The SMILES string of the molecule is CN(CCNC(=O)OC(C)(C)C)C1CCC(C(F)(F)F)CC1. The lowest BCUT2D eigenvalue weighted by atomic mass is 9.85. The molecule has 0 aromatic carbocycles. The molecule has 0 unspecified atom stereocenters. The van der Waals surface area contributed by atoms with Crippen LogP contribution < -0.4 is 5.32 Å². The fourth-order valence-corrected chi connectivity index (χ4v) is 2.67. The number of nitrogens with zero attached hydrogens (tertiary/aromatic N) is 1. The van der Waals surface area contributed by atoms with Crippen LogP contribution in [0, 0.1) is 5.92 Å². The standard InChI is InChI=1S/C15H27F3N2O2/c1-14(2,3)22-13(21)19-9-10-20(4)12-7-5-11(6-8-12)15(16,17)18/h11-12H,5-10H2,1-4H3,(H,19,21). The number of halogens is 3. The summed E-state index contributed by atoms with van der Waals surface area (Å²) in [5, 5.41) is 2.66. The first-order valence-electron chi connectivity index (χ1n) is 7.73. The van der Waals surface area contributed by atoms with Gasteiger partial charge in [-0.3, -0.25) is 0 Å². The molecular weight excluding hydrogens is 297 g/mol. The Labute approximate surface area is 130 Å². The van der Waals surface area contributed by atoms with E-state index in [1.165, 1.54) is 0 Å². The van der Waals surface area contributed by atoms with Crippen molar-refractivity contribution < 1.29 is 22.7 Å². The van der Waals surface area contributed by atoms with Gasteiger partial charge in [0.1, 0.15) is 5.60 Å². The number of hydrogen-bond donors (Lipinski definition) is 1. The largest absolute Gasteiger partial charge is 0.444 e. The van der Waals surface area contributed by atoms with Crippen molar-refractivity contribution in [3.05, 3.63) is 0 Å². The van der Waals surface area contributed by atoms with Crippen LogP contribution in [0.25, 0.3) is 0 Å². The van der Waals surface area contributed by atoms with Crippen molar-refractivity contribution in [2.24, 2.45) is 5.92 Å². The van der Waals surface area contributed by atoms with E-state index in [-0.39, 0.29) is 18.9 Å². The van der Waals surface area contributed by atoms with Crippen molar-refractivity contribution in [1.82, 2.24) is 10.2 Å². The van der Waals surface area contributed by atoms with E-state index in [1.807, 2.05) is 11.9 Å². The Morgan fingerprint density at radius 1 is 1.18 bits per heavy atom. The third kappa shape index (κ3) is 6.85. The zero-order valence-corrected chi connectivity index (χ0v) is 13.8. The van der Waals surface area contributed by atoms with Gasteiger partial charge in [-0.05, 0) is 53.5 Å². The highest BCUT2D eigenvalue weighted by Crippen LogP contribution is 2.38. The van der Waals surface area contributed by atoms with Crippen LogP contribution in [0.4, 0.5) is 18.0 Å². The Bertz CT molecular complexity index is 359. The molecule has 0 radical (unpaired) electrons. The van der Waals surface area contributed by atoms with E-state index in [9.17, 15) is 18.0 Å². The van der Waals surface area contributed by atoms with Gasteiger partial charge in [-0.25, -0.2) is 4.79 Å². The third-order valence-electron chi connectivity index (χ3n) is 3.92. The topological polar surface area (TPSA) is 41.6 Å². The summed E-state index contributed by atoms with van der Waals surface area (Å²) in [4.78, 5) is 13.5. The average molecular weight is 324 g/mol. The van der Waals surface area contributed by atoms with Gasteiger partial charge < -0.3 is 15.0 Å². The summed E-state index contributed by atoms with van der Waals surface area (Å²) in [6.07, 6.45) is -3.06. The van der Waals surface area contributed by atoms with Crippen molar-refractivity contribution >= 4 is 6.09 Å². The first-order chi connectivity index (χ1) is 9.99. The Hall–Kier alpha value is -0.980. The second-order valence-electron chi connectivity index (χ2n) is 6.96. The number of carbonyl (C=O) groups is 1. The van der Waals surface area contributed by atoms with E-state index in [0.717, 1.165) is 0 Å². The molecule has 7 heteroatoms. The van der Waals surface area contributed by atoms with E-state index >= 15 is 0 Å². The summed E-state index contributed by atoms with van der Waals surface area (Å²) < 4.78 is 43.0. The van der Waals surface area contributed by atoms with Gasteiger partial charge in [0.05, 0.1) is 5.92 Å². The van der Waals surface area contributed by atoms with Gasteiger partial charge in [0, 0.05) is 19.1 Å². The lowest BCUT2D eigenvalue weighted by molar-refractivity contribution is -0.184. The molecule has 4 nitrogen and oxygen atoms in total. The maximum absolute atomic E-state index is 12.6. The number of hydrogen-bond acceptors (Lipinski definition) is 3. The molecule has 0 spiro atoms. The Balaban J connectivity index is 2.24. The van der Waals surface area contributed by atoms with Crippen LogP contribution in [0.1, 0.15) is 46.5 Å². The summed E-state index contributed by atoms with van der Waals surface area (Å²) in [6, 6.07) is 0.152. The van der Waals surface area contributed by atoms with Crippen LogP contribution in [-0.2, 0) is 4.74 Å². The van der Waals surface area contributed by atoms with Gasteiger partial charge in [-0.2, -0.15) is 13.2 Å². The first kappa shape index (κ1) is 19.1. The highest BCUT2D eigenvalue weighted by atomic mass is 19.4. The normalized spacial score (nSPS) is 23.5. The summed E-state index contributed by atoms with van der Waals surface area (Å²) >= 11 is 0. The van der Waals surface area contributed by atoms with Crippen LogP contribution in [0.5, 0.6) is 0 Å². The molecule has 1 rings (SSSR count). The maximum Gasteiger partial charge on any atom is 0.407 e. The summed E-state index contributed by atoms with van der Waals surface area (Å²) in [7, 11) is 1.88. The van der Waals surface area contributed by atoms with Crippen molar-refractivity contribution in [3.63, 3.8) is 0 Å². The van der Waals surface area contributed by atoms with Gasteiger partial charge in [0.2, 0.25) is 0 Å². The van der Waals surface area contributed by atoms with E-state index in [2.05, 4.69) is 5.32 Å². The molecule has 0 bridgehead atoms. The Morgan fingerprint density at radius 2 is 1.73 bits per heavy atom. The molecule has 0 atom stereocenters. The van der Waals surface area contributed by atoms with E-state index in [4.69, 9.17) is 4.74 Å². The number of likely N-dealkylation sites (N-methyl/N-ethyl adjacent to an activating group) is 1. The predicted molar refractivity (Wildman–Crippen MR) is 78.7 cm³/mol. The van der Waals surface area contributed by atoms with Crippen molar-refractivity contribution in [3.8, 4) is 0 Å². The fraction of sp³-hybridized carbons (Fsp3) is 0.933. The highest BCUT2D eigenvalue weighted by molar-refractivity contribution is 5.67. The summed E-state index contributed by atoms with van der Waals surface area (Å²) in [6.45, 7) is 6.39. The number of amides is 1. The van der Waals surface area contributed by atoms with Crippen LogP contribution in [0.2, 0.25) is 0 Å². The highest BCUT2D eigenvalue weighted by Gasteiger charge is 2.41. The molecule has 0 aromatic heterocycles. The minimum Gasteiger partial charge on any atom is -0.444 e. The van der Waals surface area contributed by atoms with Crippen LogP contribution in [0.15, 0.2) is 0 Å². The van der Waals surface area contributed by atoms with Gasteiger partial charge in [-0.1, -0.05) is 0 Å². The van der Waals surface area contributed by atoms with Crippen LogP contribution >= 0.6 is 0 Å². The minimum atomic E-state index is -4.07. The molecule has 1 saturated carbocycles. The van der Waals surface area contributed by atoms with E-state index in [1.54, 1.807) is 20.8 Å². The molecule has 1 amide bonds. The number of rotatable bonds is 4. The van der Waals surface area contributed by atoms with Gasteiger partial charge in [0.15, 0.2) is 0 Å². The summed E-state index contributed by atoms with van der Waals surface area (Å²) in [5.74, 6) is -1.16. The molecule has 1 fully saturated rings. The number of alkyl carbamates (subject to hydrolysis) is 1. The summed E-state index contributed by atoms with van der Waals surface area (Å²) in [5.41, 5.74) is -0.536. The van der Waals surface area contributed by atoms with E-state index in [0.29, 0.717) is 25.9 Å². The van der Waals surface area contributed by atoms with Crippen LogP contribution in [0.3, 0.4) is 0 Å². The lowest BCUT2D eigenvalue weighted by Gasteiger charge is -2.35. The third-order valence-corrected chi connectivity index (χ3v) is 3.92. The number of carbonyl (C=O) groups excluding carboxylic acids is 1. The van der Waals surface area contributed by atoms with Gasteiger partial charge in [-0.15, -0.1) is 0 Å². The Kier molecular flexibility index (Phi) is 6.52. The molecule has 1 N–H and O–H groups in total. The van der Waals surface area contributed by atoms with E-state index < -0.39 is 23.8 Å². The molecule has 0 heterocycles. The molecule has 130 valence electrons. The first-order valence-corrected chi connectivity index (χ1v) is 7.73. The molecular formula is C15H27F3N2O2. The molecule has 0 aromatic rings. The van der Waals surface area contributed by atoms with Gasteiger partial charge >= 0.3 is 12.3 Å². The number of ether oxygens (including phenoxy) is 1. The van der Waals surface area contributed by atoms with Crippen molar-refractivity contribution in [2.75, 3.05) is 20.1 Å². The van der Waals surface area contributed by atoms with Crippen molar-refractivity contribution in [2.45, 2.75) is 64.3 Å². The molecule has 1 aliphatic carbocycles. The van der Waals surface area contributed by atoms with Crippen molar-refractivity contribution in [1.29, 1.82) is 0 Å². The zero-order chi connectivity index (χ0) is 17.0. The Morgan fingerprint density at radius 3 is 2.18 bits per heavy atom. The average Bonchev–Trinajstić information content (AvgIpc) is 2.35. The fourth-order valence-electron chi connectivity index (χ4n) is 2.67.